The molecule has 0 unspecified atom stereocenters. The van der Waals surface area contributed by atoms with E-state index in [0.29, 0.717) is 19.5 Å². The Bertz CT molecular complexity index is 629. The maximum Gasteiger partial charge on any atom is 0.225 e. The summed E-state index contributed by atoms with van der Waals surface area (Å²) < 4.78 is 1.05. The summed E-state index contributed by atoms with van der Waals surface area (Å²) in [4.78, 5) is 11.8. The van der Waals surface area contributed by atoms with Crippen LogP contribution < -0.4 is 5.32 Å². The molecule has 0 aliphatic carbocycles. The van der Waals surface area contributed by atoms with E-state index < -0.39 is 0 Å². The van der Waals surface area contributed by atoms with Crippen LogP contribution in [0, 0.1) is 11.3 Å². The van der Waals surface area contributed by atoms with Gasteiger partial charge in [-0.2, -0.15) is 5.26 Å². The molecule has 1 aromatic carbocycles. The first-order valence-electron chi connectivity index (χ1n) is 5.64. The van der Waals surface area contributed by atoms with Crippen molar-refractivity contribution in [2.45, 2.75) is 12.3 Å². The van der Waals surface area contributed by atoms with Crippen LogP contribution in [0.5, 0.6) is 5.75 Å². The van der Waals surface area contributed by atoms with E-state index in [9.17, 15) is 15.2 Å². The highest BCUT2D eigenvalue weighted by Gasteiger charge is 2.29. The Kier molecular flexibility index (Phi) is 4.78. The van der Waals surface area contributed by atoms with Crippen LogP contribution in [0.25, 0.3) is 0 Å². The molecule has 20 heavy (non-hydrogen) atoms. The second-order valence-electron chi connectivity index (χ2n) is 4.20. The minimum absolute atomic E-state index is 0.0987. The van der Waals surface area contributed by atoms with Crippen molar-refractivity contribution in [1.82, 2.24) is 5.32 Å². The molecule has 4 nitrogen and oxygen atoms in total. The number of nitriles is 1. The number of halogens is 2. The van der Waals surface area contributed by atoms with Gasteiger partial charge in [0.2, 0.25) is 5.91 Å². The zero-order chi connectivity index (χ0) is 14.9. The van der Waals surface area contributed by atoms with Crippen LogP contribution in [-0.2, 0) is 4.79 Å². The van der Waals surface area contributed by atoms with Crippen molar-refractivity contribution in [3.63, 3.8) is 0 Å². The molecule has 1 heterocycles. The number of carbonyl (C=O) groups excluding carboxylic acids is 1. The molecule has 0 aromatic heterocycles. The molecule has 0 fully saturated rings. The largest absolute Gasteiger partial charge is 0.506 e. The summed E-state index contributed by atoms with van der Waals surface area (Å²) >= 11 is 7.88. The van der Waals surface area contributed by atoms with Crippen LogP contribution in [0.1, 0.15) is 17.9 Å². The van der Waals surface area contributed by atoms with Crippen LogP contribution in [0.15, 0.2) is 31.7 Å². The number of hydrogen-bond acceptors (Lipinski definition) is 4. The maximum atomic E-state index is 11.8. The predicted octanol–water partition coefficient (Wildman–Crippen LogP) is 3.62. The average Bonchev–Trinajstić information content (AvgIpc) is 2.43. The Hall–Kier alpha value is -0.970. The second-order valence-corrected chi connectivity index (χ2v) is 6.72. The zero-order valence-electron chi connectivity index (χ0n) is 10.4. The van der Waals surface area contributed by atoms with Gasteiger partial charge in [-0.25, -0.2) is 0 Å². The van der Waals surface area contributed by atoms with Gasteiger partial charge in [-0.05, 0) is 55.8 Å². The van der Waals surface area contributed by atoms with Gasteiger partial charge < -0.3 is 10.4 Å². The molecule has 0 radical (unpaired) electrons. The number of thioether (sulfide) groups is 1. The summed E-state index contributed by atoms with van der Waals surface area (Å²) in [6.45, 7) is 0. The van der Waals surface area contributed by atoms with Gasteiger partial charge >= 0.3 is 0 Å². The van der Waals surface area contributed by atoms with Crippen molar-refractivity contribution in [2.75, 3.05) is 6.26 Å². The first-order chi connectivity index (χ1) is 9.47. The fourth-order valence-electron chi connectivity index (χ4n) is 2.05. The molecule has 2 rings (SSSR count). The topological polar surface area (TPSA) is 73.1 Å². The number of phenolic OH excluding ortho intramolecular Hbond substituents is 1. The Morgan fingerprint density at radius 3 is 2.55 bits per heavy atom. The summed E-state index contributed by atoms with van der Waals surface area (Å²) in [6.07, 6.45) is 2.04. The maximum absolute atomic E-state index is 11.8. The Labute approximate surface area is 137 Å². The molecule has 0 saturated heterocycles. The molecule has 0 bridgehead atoms. The predicted molar refractivity (Wildman–Crippen MR) is 85.2 cm³/mol. The van der Waals surface area contributed by atoms with Crippen molar-refractivity contribution in [3.05, 3.63) is 37.2 Å². The van der Waals surface area contributed by atoms with Crippen molar-refractivity contribution in [2.24, 2.45) is 0 Å². The molecule has 1 atom stereocenters. The van der Waals surface area contributed by atoms with Crippen LogP contribution in [0.4, 0.5) is 0 Å². The van der Waals surface area contributed by atoms with Crippen molar-refractivity contribution in [3.8, 4) is 11.8 Å². The number of hydrogen-bond donors (Lipinski definition) is 2. The van der Waals surface area contributed by atoms with Gasteiger partial charge in [-0.1, -0.05) is 0 Å². The SMILES string of the molecule is CSC1=C(C#N)[C@@H](c2cc(Br)c(O)c(Br)c2)CC(=O)N1. The van der Waals surface area contributed by atoms with Gasteiger partial charge in [0.05, 0.1) is 25.6 Å². The molecule has 0 saturated carbocycles. The van der Waals surface area contributed by atoms with E-state index in [1.165, 1.54) is 11.8 Å². The summed E-state index contributed by atoms with van der Waals surface area (Å²) in [5, 5.41) is 22.4. The molecule has 104 valence electrons. The van der Waals surface area contributed by atoms with Gasteiger partial charge in [-0.3, -0.25) is 4.79 Å². The average molecular weight is 418 g/mol. The standard InChI is InChI=1S/C13H10Br2N2O2S/c1-20-13-8(5-16)7(4-11(18)17-13)6-2-9(14)12(19)10(15)3-6/h2-3,7,19H,4H2,1H3,(H,17,18)/t7-/m1/s1. The lowest BCUT2D eigenvalue weighted by molar-refractivity contribution is -0.120. The van der Waals surface area contributed by atoms with Crippen LogP contribution in [-0.4, -0.2) is 17.3 Å². The van der Waals surface area contributed by atoms with Gasteiger partial charge in [-0.15, -0.1) is 11.8 Å². The molecule has 2 N–H and O–H groups in total. The van der Waals surface area contributed by atoms with Gasteiger partial charge in [0, 0.05) is 12.3 Å². The third kappa shape index (κ3) is 2.87. The molecular formula is C13H10Br2N2O2S. The number of amides is 1. The molecule has 7 heteroatoms. The lowest BCUT2D eigenvalue weighted by atomic mass is 9.87. The van der Waals surface area contributed by atoms with E-state index >= 15 is 0 Å². The number of allylic oxidation sites excluding steroid dienone is 1. The minimum atomic E-state index is -0.301. The fraction of sp³-hybridized carbons (Fsp3) is 0.231. The Morgan fingerprint density at radius 2 is 2.05 bits per heavy atom. The monoisotopic (exact) mass is 416 g/mol. The summed E-state index contributed by atoms with van der Waals surface area (Å²) in [7, 11) is 0. The van der Waals surface area contributed by atoms with Crippen LogP contribution >= 0.6 is 43.6 Å². The smallest absolute Gasteiger partial charge is 0.225 e. The van der Waals surface area contributed by atoms with E-state index in [4.69, 9.17) is 0 Å². The number of benzene rings is 1. The summed E-state index contributed by atoms with van der Waals surface area (Å²) in [6, 6.07) is 5.65. The van der Waals surface area contributed by atoms with Crippen LogP contribution in [0.2, 0.25) is 0 Å². The molecule has 1 aromatic rings. The summed E-state index contributed by atoms with van der Waals surface area (Å²) in [5.74, 6) is -0.315. The first-order valence-corrected chi connectivity index (χ1v) is 8.45. The Balaban J connectivity index is 2.56. The van der Waals surface area contributed by atoms with Crippen LogP contribution in [0.3, 0.4) is 0 Å². The van der Waals surface area contributed by atoms with E-state index in [2.05, 4.69) is 43.2 Å². The van der Waals surface area contributed by atoms with Gasteiger partial charge in [0.25, 0.3) is 0 Å². The van der Waals surface area contributed by atoms with E-state index in [-0.39, 0.29) is 24.0 Å². The van der Waals surface area contributed by atoms with E-state index in [0.717, 1.165) is 5.56 Å². The second kappa shape index (κ2) is 6.20. The Morgan fingerprint density at radius 1 is 1.45 bits per heavy atom. The van der Waals surface area contributed by atoms with E-state index in [1.807, 2.05) is 6.26 Å². The van der Waals surface area contributed by atoms with E-state index in [1.54, 1.807) is 12.1 Å². The lowest BCUT2D eigenvalue weighted by Crippen LogP contribution is -2.30. The number of nitrogens with one attached hydrogen (secondary N) is 1. The number of carbonyl (C=O) groups is 1. The number of aromatic hydroxyl groups is 1. The van der Waals surface area contributed by atoms with Gasteiger partial charge in [0.1, 0.15) is 5.75 Å². The normalized spacial score (nSPS) is 18.7. The van der Waals surface area contributed by atoms with Crippen molar-refractivity contribution < 1.29 is 9.90 Å². The third-order valence-electron chi connectivity index (χ3n) is 3.00. The molecule has 0 spiro atoms. The summed E-state index contributed by atoms with van der Waals surface area (Å²) in [5.41, 5.74) is 1.35. The quantitative estimate of drug-likeness (QED) is 0.770. The molecule has 1 aliphatic heterocycles. The fourth-order valence-corrected chi connectivity index (χ4v) is 3.90. The molecule has 1 aliphatic rings. The third-order valence-corrected chi connectivity index (χ3v) is 4.94. The number of nitrogens with zero attached hydrogens (tertiary/aromatic N) is 1. The lowest BCUT2D eigenvalue weighted by Gasteiger charge is -2.25. The van der Waals surface area contributed by atoms with Crippen molar-refractivity contribution >= 4 is 49.5 Å². The number of rotatable bonds is 2. The minimum Gasteiger partial charge on any atom is -0.506 e. The number of phenols is 1. The molecular weight excluding hydrogens is 408 g/mol. The first kappa shape index (κ1) is 15.4. The highest BCUT2D eigenvalue weighted by atomic mass is 79.9. The van der Waals surface area contributed by atoms with Gasteiger partial charge in [0.15, 0.2) is 0 Å². The highest BCUT2D eigenvalue weighted by molar-refractivity contribution is 9.11. The van der Waals surface area contributed by atoms with Crippen molar-refractivity contribution in [1.29, 1.82) is 5.26 Å². The highest BCUT2D eigenvalue weighted by Crippen LogP contribution is 2.40. The molecule has 1 amide bonds. The zero-order valence-corrected chi connectivity index (χ0v) is 14.4.